The van der Waals surface area contributed by atoms with E-state index < -0.39 is 0 Å². The van der Waals surface area contributed by atoms with Crippen molar-refractivity contribution in [2.24, 2.45) is 5.73 Å². The number of para-hydroxylation sites is 1. The van der Waals surface area contributed by atoms with Crippen LogP contribution >= 0.6 is 0 Å². The molecule has 0 aliphatic rings. The summed E-state index contributed by atoms with van der Waals surface area (Å²) in [5.74, 6) is 0. The van der Waals surface area contributed by atoms with Crippen LogP contribution in [0.25, 0.3) is 10.9 Å². The Hall–Kier alpha value is -1.45. The maximum atomic E-state index is 5.82. The van der Waals surface area contributed by atoms with Crippen molar-refractivity contribution in [2.45, 2.75) is 26.1 Å². The molecule has 1 aromatic carbocycles. The van der Waals surface area contributed by atoms with Gasteiger partial charge in [-0.2, -0.15) is 0 Å². The van der Waals surface area contributed by atoms with Crippen LogP contribution in [0.15, 0.2) is 36.5 Å². The van der Waals surface area contributed by atoms with Gasteiger partial charge in [0.1, 0.15) is 0 Å². The maximum absolute atomic E-state index is 5.82. The molecule has 2 aromatic rings. The lowest BCUT2D eigenvalue weighted by Crippen LogP contribution is -2.33. The molecular formula is C14H18N2O. The summed E-state index contributed by atoms with van der Waals surface area (Å²) in [6, 6.07) is 10.1. The lowest BCUT2D eigenvalue weighted by atomic mass is 10.1. The van der Waals surface area contributed by atoms with E-state index in [2.05, 4.69) is 11.1 Å². The number of hydrogen-bond acceptors (Lipinski definition) is 3. The van der Waals surface area contributed by atoms with Crippen molar-refractivity contribution in [3.05, 3.63) is 42.1 Å². The third-order valence-electron chi connectivity index (χ3n) is 2.85. The van der Waals surface area contributed by atoms with Gasteiger partial charge in [0.25, 0.3) is 0 Å². The van der Waals surface area contributed by atoms with Gasteiger partial charge in [0.15, 0.2) is 0 Å². The summed E-state index contributed by atoms with van der Waals surface area (Å²) >= 11 is 0. The zero-order chi connectivity index (χ0) is 12.3. The van der Waals surface area contributed by atoms with Crippen molar-refractivity contribution in [3.63, 3.8) is 0 Å². The van der Waals surface area contributed by atoms with E-state index in [4.69, 9.17) is 10.5 Å². The minimum absolute atomic E-state index is 0.287. The molecule has 0 amide bonds. The van der Waals surface area contributed by atoms with Gasteiger partial charge in [-0.1, -0.05) is 18.2 Å². The van der Waals surface area contributed by atoms with Gasteiger partial charge in [-0.15, -0.1) is 0 Å². The number of nitrogens with two attached hydrogens (primary N) is 1. The van der Waals surface area contributed by atoms with E-state index >= 15 is 0 Å². The summed E-state index contributed by atoms with van der Waals surface area (Å²) in [6.07, 6.45) is 1.82. The predicted molar refractivity (Wildman–Crippen MR) is 69.7 cm³/mol. The molecule has 3 nitrogen and oxygen atoms in total. The second-order valence-corrected chi connectivity index (χ2v) is 4.74. The molecule has 3 heteroatoms. The Kier molecular flexibility index (Phi) is 3.41. The van der Waals surface area contributed by atoms with Crippen molar-refractivity contribution in [1.29, 1.82) is 0 Å². The molecule has 17 heavy (non-hydrogen) atoms. The molecule has 0 aliphatic carbocycles. The molecule has 2 N–H and O–H groups in total. The van der Waals surface area contributed by atoms with E-state index in [1.165, 1.54) is 0 Å². The van der Waals surface area contributed by atoms with Gasteiger partial charge in [-0.25, -0.2) is 0 Å². The maximum Gasteiger partial charge on any atom is 0.0752 e. The fourth-order valence-corrected chi connectivity index (χ4v) is 1.61. The van der Waals surface area contributed by atoms with Crippen LogP contribution < -0.4 is 5.73 Å². The molecule has 0 saturated carbocycles. The first-order chi connectivity index (χ1) is 8.12. The summed E-state index contributed by atoms with van der Waals surface area (Å²) < 4.78 is 5.82. The fraction of sp³-hybridized carbons (Fsp3) is 0.357. The Bertz CT molecular complexity index is 503. The quantitative estimate of drug-likeness (QED) is 0.877. The average Bonchev–Trinajstić information content (AvgIpc) is 2.36. The largest absolute Gasteiger partial charge is 0.370 e. The number of ether oxygens (including phenoxy) is 1. The number of nitrogens with zero attached hydrogens (tertiary/aromatic N) is 1. The second-order valence-electron chi connectivity index (χ2n) is 4.74. The molecule has 1 aromatic heterocycles. The van der Waals surface area contributed by atoms with Crippen LogP contribution in [0.5, 0.6) is 0 Å². The van der Waals surface area contributed by atoms with Gasteiger partial charge >= 0.3 is 0 Å². The first-order valence-corrected chi connectivity index (χ1v) is 5.79. The van der Waals surface area contributed by atoms with Gasteiger partial charge in [-0.05, 0) is 31.5 Å². The minimum atomic E-state index is -0.287. The third kappa shape index (κ3) is 2.81. The number of hydrogen-bond donors (Lipinski definition) is 1. The fourth-order valence-electron chi connectivity index (χ4n) is 1.61. The molecule has 0 bridgehead atoms. The van der Waals surface area contributed by atoms with Crippen molar-refractivity contribution < 1.29 is 4.74 Å². The van der Waals surface area contributed by atoms with E-state index in [9.17, 15) is 0 Å². The van der Waals surface area contributed by atoms with Crippen molar-refractivity contribution in [2.75, 3.05) is 6.54 Å². The highest BCUT2D eigenvalue weighted by molar-refractivity contribution is 5.81. The molecule has 0 atom stereocenters. The lowest BCUT2D eigenvalue weighted by Gasteiger charge is -2.23. The zero-order valence-corrected chi connectivity index (χ0v) is 10.3. The summed E-state index contributed by atoms with van der Waals surface area (Å²) in [5, 5.41) is 1.14. The SMILES string of the molecule is CC(C)(CN)OCc1ccnc2ccccc12. The molecular weight excluding hydrogens is 212 g/mol. The molecule has 0 spiro atoms. The van der Waals surface area contributed by atoms with Crippen LogP contribution in [-0.4, -0.2) is 17.1 Å². The standard InChI is InChI=1S/C14H18N2O/c1-14(2,10-15)17-9-11-7-8-16-13-6-4-3-5-12(11)13/h3-8H,9-10,15H2,1-2H3. The molecule has 0 saturated heterocycles. The van der Waals surface area contributed by atoms with E-state index in [0.29, 0.717) is 13.2 Å². The molecule has 0 unspecified atom stereocenters. The van der Waals surface area contributed by atoms with Gasteiger partial charge < -0.3 is 10.5 Å². The minimum Gasteiger partial charge on any atom is -0.370 e. The Morgan fingerprint density at radius 1 is 1.24 bits per heavy atom. The first-order valence-electron chi connectivity index (χ1n) is 5.79. The Morgan fingerprint density at radius 3 is 2.76 bits per heavy atom. The summed E-state index contributed by atoms with van der Waals surface area (Å²) in [6.45, 7) is 5.07. The van der Waals surface area contributed by atoms with Gasteiger partial charge in [0.2, 0.25) is 0 Å². The van der Waals surface area contributed by atoms with Crippen LogP contribution in [0.1, 0.15) is 19.4 Å². The van der Waals surface area contributed by atoms with E-state index in [1.54, 1.807) is 0 Å². The van der Waals surface area contributed by atoms with Crippen molar-refractivity contribution in [1.82, 2.24) is 4.98 Å². The number of pyridine rings is 1. The Balaban J connectivity index is 2.24. The number of rotatable bonds is 4. The molecule has 0 aliphatic heterocycles. The molecule has 0 fully saturated rings. The topological polar surface area (TPSA) is 48.1 Å². The first kappa shape index (κ1) is 12.0. The summed E-state index contributed by atoms with van der Waals surface area (Å²) in [5.41, 5.74) is 7.51. The number of fused-ring (bicyclic) bond motifs is 1. The van der Waals surface area contributed by atoms with E-state index in [-0.39, 0.29) is 5.60 Å². The third-order valence-corrected chi connectivity index (χ3v) is 2.85. The Labute approximate surface area is 102 Å². The van der Waals surface area contributed by atoms with Crippen LogP contribution in [-0.2, 0) is 11.3 Å². The highest BCUT2D eigenvalue weighted by atomic mass is 16.5. The van der Waals surface area contributed by atoms with Gasteiger partial charge in [0.05, 0.1) is 17.7 Å². The monoisotopic (exact) mass is 230 g/mol. The zero-order valence-electron chi connectivity index (χ0n) is 10.3. The normalized spacial score (nSPS) is 11.9. The van der Waals surface area contributed by atoms with Crippen molar-refractivity contribution >= 4 is 10.9 Å². The highest BCUT2D eigenvalue weighted by Crippen LogP contribution is 2.19. The van der Waals surface area contributed by atoms with Gasteiger partial charge in [0, 0.05) is 18.1 Å². The lowest BCUT2D eigenvalue weighted by molar-refractivity contribution is -0.0217. The van der Waals surface area contributed by atoms with Crippen LogP contribution in [0.4, 0.5) is 0 Å². The van der Waals surface area contributed by atoms with Crippen LogP contribution in [0, 0.1) is 0 Å². The average molecular weight is 230 g/mol. The van der Waals surface area contributed by atoms with Crippen molar-refractivity contribution in [3.8, 4) is 0 Å². The summed E-state index contributed by atoms with van der Waals surface area (Å²) in [4.78, 5) is 4.33. The summed E-state index contributed by atoms with van der Waals surface area (Å²) in [7, 11) is 0. The smallest absolute Gasteiger partial charge is 0.0752 e. The molecule has 1 heterocycles. The van der Waals surface area contributed by atoms with Crippen LogP contribution in [0.2, 0.25) is 0 Å². The molecule has 0 radical (unpaired) electrons. The number of aromatic nitrogens is 1. The van der Waals surface area contributed by atoms with Gasteiger partial charge in [-0.3, -0.25) is 4.98 Å². The number of benzene rings is 1. The predicted octanol–water partition coefficient (Wildman–Crippen LogP) is 2.49. The highest BCUT2D eigenvalue weighted by Gasteiger charge is 2.16. The molecule has 2 rings (SSSR count). The Morgan fingerprint density at radius 2 is 2.00 bits per heavy atom. The molecule has 90 valence electrons. The van der Waals surface area contributed by atoms with E-state index in [1.807, 2.05) is 44.3 Å². The van der Waals surface area contributed by atoms with E-state index in [0.717, 1.165) is 16.5 Å². The second kappa shape index (κ2) is 4.82. The van der Waals surface area contributed by atoms with Crippen LogP contribution in [0.3, 0.4) is 0 Å².